The van der Waals surface area contributed by atoms with Crippen LogP contribution in [0.1, 0.15) is 105 Å². The first-order chi connectivity index (χ1) is 17.6. The van der Waals surface area contributed by atoms with Crippen molar-refractivity contribution in [1.29, 1.82) is 0 Å². The van der Waals surface area contributed by atoms with E-state index < -0.39 is 0 Å². The maximum absolute atomic E-state index is 11.0. The molecule has 8 heteroatoms. The fourth-order valence-electron chi connectivity index (χ4n) is 4.25. The minimum Gasteiger partial charge on any atom is -0.507 e. The average Bonchev–Trinajstić information content (AvgIpc) is 2.72. The Kier molecular flexibility index (Phi) is 7.98. The SMILES string of the molecule is CC(C)(C)c1cc(Oc2nc(S)nc(Oc3cc(C(C)(C)C)c(O)c(C(C)(C)C)c3)n2)cc(C(C)(C)C)c1O. The second-order valence-electron chi connectivity index (χ2n) is 14.1. The van der Waals surface area contributed by atoms with E-state index in [2.05, 4.69) is 27.6 Å². The van der Waals surface area contributed by atoms with Crippen molar-refractivity contribution in [2.45, 2.75) is 110 Å². The molecule has 212 valence electrons. The Hall–Kier alpha value is -3.00. The minimum absolute atomic E-state index is 0.0151. The fraction of sp³-hybridized carbons (Fsp3) is 0.516. The third-order valence-electron chi connectivity index (χ3n) is 6.40. The largest absolute Gasteiger partial charge is 0.507 e. The molecule has 0 unspecified atom stereocenters. The van der Waals surface area contributed by atoms with E-state index in [1.54, 1.807) is 24.3 Å². The smallest absolute Gasteiger partial charge is 0.329 e. The average molecular weight is 554 g/mol. The van der Waals surface area contributed by atoms with Gasteiger partial charge >= 0.3 is 12.0 Å². The summed E-state index contributed by atoms with van der Waals surface area (Å²) in [5.41, 5.74) is 1.76. The van der Waals surface area contributed by atoms with Gasteiger partial charge in [0, 0.05) is 22.3 Å². The van der Waals surface area contributed by atoms with Gasteiger partial charge in [0.25, 0.3) is 0 Å². The summed E-state index contributed by atoms with van der Waals surface area (Å²) in [7, 11) is 0. The summed E-state index contributed by atoms with van der Waals surface area (Å²) in [6, 6.07) is 7.25. The minimum atomic E-state index is -0.320. The first kappa shape index (κ1) is 30.5. The zero-order valence-electron chi connectivity index (χ0n) is 25.3. The fourth-order valence-corrected chi connectivity index (χ4v) is 4.42. The Morgan fingerprint density at radius 2 is 0.769 bits per heavy atom. The van der Waals surface area contributed by atoms with Crippen molar-refractivity contribution < 1.29 is 19.7 Å². The third kappa shape index (κ3) is 7.15. The highest BCUT2D eigenvalue weighted by atomic mass is 32.1. The van der Waals surface area contributed by atoms with Crippen LogP contribution in [0.3, 0.4) is 0 Å². The second-order valence-corrected chi connectivity index (χ2v) is 14.5. The Labute approximate surface area is 238 Å². The molecule has 2 N–H and O–H groups in total. The van der Waals surface area contributed by atoms with E-state index in [1.165, 1.54) is 0 Å². The van der Waals surface area contributed by atoms with Crippen LogP contribution in [0.2, 0.25) is 0 Å². The zero-order chi connectivity index (χ0) is 29.7. The van der Waals surface area contributed by atoms with Gasteiger partial charge in [-0.15, -0.1) is 17.6 Å². The molecule has 7 nitrogen and oxygen atoms in total. The maximum Gasteiger partial charge on any atom is 0.329 e. The molecule has 0 saturated carbocycles. The first-order valence-electron chi connectivity index (χ1n) is 13.1. The molecule has 39 heavy (non-hydrogen) atoms. The standard InChI is InChI=1S/C31H43N3O4S/c1-28(2,3)19-13-17(14-20(23(19)35)29(4,5)6)37-25-32-26(34-27(39)33-25)38-18-15-21(30(7,8)9)24(36)22(16-18)31(10,11)12/h13-16,35-36H,1-12H3,(H,32,33,34,39). The summed E-state index contributed by atoms with van der Waals surface area (Å²) in [6.07, 6.45) is 0. The number of phenols is 2. The molecule has 0 aliphatic rings. The quantitative estimate of drug-likeness (QED) is 0.279. The van der Waals surface area contributed by atoms with Crippen LogP contribution in [0.5, 0.6) is 35.0 Å². The van der Waals surface area contributed by atoms with Crippen molar-refractivity contribution in [3.63, 3.8) is 0 Å². The molecule has 0 radical (unpaired) electrons. The maximum atomic E-state index is 11.0. The molecule has 1 heterocycles. The number of thiol groups is 1. The third-order valence-corrected chi connectivity index (χ3v) is 6.60. The van der Waals surface area contributed by atoms with E-state index >= 15 is 0 Å². The van der Waals surface area contributed by atoms with Gasteiger partial charge in [-0.25, -0.2) is 0 Å². The Balaban J connectivity index is 2.07. The van der Waals surface area contributed by atoms with Gasteiger partial charge in [0.15, 0.2) is 5.16 Å². The Morgan fingerprint density at radius 1 is 0.513 bits per heavy atom. The number of rotatable bonds is 4. The lowest BCUT2D eigenvalue weighted by Crippen LogP contribution is -2.17. The highest BCUT2D eigenvalue weighted by molar-refractivity contribution is 7.80. The number of hydrogen-bond acceptors (Lipinski definition) is 8. The molecule has 0 aliphatic carbocycles. The summed E-state index contributed by atoms with van der Waals surface area (Å²) in [5.74, 6) is 1.49. The highest BCUT2D eigenvalue weighted by Gasteiger charge is 2.29. The van der Waals surface area contributed by atoms with Gasteiger partial charge < -0.3 is 19.7 Å². The van der Waals surface area contributed by atoms with Crippen molar-refractivity contribution in [2.75, 3.05) is 0 Å². The van der Waals surface area contributed by atoms with Crippen LogP contribution >= 0.6 is 12.6 Å². The number of aromatic nitrogens is 3. The van der Waals surface area contributed by atoms with Gasteiger partial charge in [-0.1, -0.05) is 83.1 Å². The predicted molar refractivity (Wildman–Crippen MR) is 158 cm³/mol. The molecular weight excluding hydrogens is 510 g/mol. The number of ether oxygens (including phenoxy) is 2. The molecule has 2 aromatic carbocycles. The molecule has 1 aromatic heterocycles. The van der Waals surface area contributed by atoms with E-state index in [0.29, 0.717) is 11.5 Å². The highest BCUT2D eigenvalue weighted by Crippen LogP contribution is 2.44. The van der Waals surface area contributed by atoms with Crippen LogP contribution in [0.25, 0.3) is 0 Å². The van der Waals surface area contributed by atoms with E-state index in [-0.39, 0.29) is 50.3 Å². The van der Waals surface area contributed by atoms with Gasteiger partial charge in [0.05, 0.1) is 0 Å². The lowest BCUT2D eigenvalue weighted by atomic mass is 9.79. The molecule has 3 aromatic rings. The van der Waals surface area contributed by atoms with Crippen molar-refractivity contribution in [3.8, 4) is 35.0 Å². The van der Waals surface area contributed by atoms with Gasteiger partial charge in [-0.2, -0.15) is 9.97 Å². The van der Waals surface area contributed by atoms with Crippen LogP contribution in [0.15, 0.2) is 29.4 Å². The number of aromatic hydroxyl groups is 2. The van der Waals surface area contributed by atoms with Crippen LogP contribution < -0.4 is 9.47 Å². The summed E-state index contributed by atoms with van der Waals surface area (Å²) in [5, 5.41) is 22.2. The van der Waals surface area contributed by atoms with Gasteiger partial charge in [0.1, 0.15) is 23.0 Å². The molecular formula is C31H43N3O4S. The van der Waals surface area contributed by atoms with Crippen molar-refractivity contribution >= 4 is 12.6 Å². The Morgan fingerprint density at radius 3 is 1.00 bits per heavy atom. The number of nitrogens with zero attached hydrogens (tertiary/aromatic N) is 3. The molecule has 0 atom stereocenters. The van der Waals surface area contributed by atoms with Gasteiger partial charge in [0.2, 0.25) is 0 Å². The van der Waals surface area contributed by atoms with Crippen LogP contribution in [0.4, 0.5) is 0 Å². The normalized spacial score (nSPS) is 12.9. The van der Waals surface area contributed by atoms with E-state index in [1.807, 2.05) is 83.1 Å². The van der Waals surface area contributed by atoms with Crippen LogP contribution in [-0.2, 0) is 21.7 Å². The summed E-state index contributed by atoms with van der Waals surface area (Å²) in [6.45, 7) is 24.4. The zero-order valence-corrected chi connectivity index (χ0v) is 26.2. The first-order valence-corrected chi connectivity index (χ1v) is 13.6. The summed E-state index contributed by atoms with van der Waals surface area (Å²) in [4.78, 5) is 12.9. The lowest BCUT2D eigenvalue weighted by Gasteiger charge is -2.28. The molecule has 0 bridgehead atoms. The predicted octanol–water partition coefficient (Wildman–Crippen LogP) is 8.35. The molecule has 0 aliphatic heterocycles. The number of hydrogen-bond donors (Lipinski definition) is 3. The molecule has 0 saturated heterocycles. The molecule has 3 rings (SSSR count). The van der Waals surface area contributed by atoms with Crippen molar-refractivity contribution in [3.05, 3.63) is 46.5 Å². The summed E-state index contributed by atoms with van der Waals surface area (Å²) >= 11 is 4.35. The lowest BCUT2D eigenvalue weighted by molar-refractivity contribution is 0.377. The van der Waals surface area contributed by atoms with E-state index in [9.17, 15) is 10.2 Å². The van der Waals surface area contributed by atoms with Crippen LogP contribution in [-0.4, -0.2) is 25.2 Å². The summed E-state index contributed by atoms with van der Waals surface area (Å²) < 4.78 is 12.2. The molecule has 0 spiro atoms. The topological polar surface area (TPSA) is 97.6 Å². The molecule has 0 amide bonds. The molecule has 0 fully saturated rings. The number of phenolic OH excluding ortho intramolecular Hbond substituents is 2. The monoisotopic (exact) mass is 553 g/mol. The van der Waals surface area contributed by atoms with Crippen molar-refractivity contribution in [2.24, 2.45) is 0 Å². The van der Waals surface area contributed by atoms with Crippen LogP contribution in [0, 0.1) is 0 Å². The van der Waals surface area contributed by atoms with E-state index in [4.69, 9.17) is 9.47 Å². The van der Waals surface area contributed by atoms with Gasteiger partial charge in [-0.3, -0.25) is 0 Å². The second kappa shape index (κ2) is 10.2. The van der Waals surface area contributed by atoms with Gasteiger partial charge in [-0.05, 0) is 45.9 Å². The Bertz CT molecular complexity index is 1200. The van der Waals surface area contributed by atoms with Crippen molar-refractivity contribution in [1.82, 2.24) is 15.0 Å². The number of benzene rings is 2. The van der Waals surface area contributed by atoms with E-state index in [0.717, 1.165) is 22.3 Å².